The molecule has 3 heterocycles. The smallest absolute Gasteiger partial charge is 0.227 e. The molecule has 4 nitrogen and oxygen atoms in total. The lowest BCUT2D eigenvalue weighted by molar-refractivity contribution is 0.623. The van der Waals surface area contributed by atoms with Gasteiger partial charge in [-0.2, -0.15) is 0 Å². The van der Waals surface area contributed by atoms with E-state index in [9.17, 15) is 0 Å². The van der Waals surface area contributed by atoms with Crippen LogP contribution in [0.5, 0.6) is 0 Å². The summed E-state index contributed by atoms with van der Waals surface area (Å²) in [7, 11) is 0. The predicted octanol–water partition coefficient (Wildman–Crippen LogP) is 13.7. The molecule has 0 aliphatic rings. The lowest BCUT2D eigenvalue weighted by atomic mass is 10.00. The number of benzene rings is 9. The van der Waals surface area contributed by atoms with Gasteiger partial charge in [-0.15, -0.1) is 0 Å². The molecule has 12 aromatic rings. The lowest BCUT2D eigenvalue weighted by Gasteiger charge is -2.11. The van der Waals surface area contributed by atoms with Crippen molar-refractivity contribution in [3.8, 4) is 34.0 Å². The van der Waals surface area contributed by atoms with Crippen LogP contribution in [-0.2, 0) is 0 Å². The summed E-state index contributed by atoms with van der Waals surface area (Å²) in [6.07, 6.45) is 0. The summed E-state index contributed by atoms with van der Waals surface area (Å²) in [5.41, 5.74) is 12.1. The van der Waals surface area contributed by atoms with Crippen molar-refractivity contribution in [1.82, 2.24) is 14.1 Å². The number of rotatable bonds is 4. The second-order valence-corrected chi connectivity index (χ2v) is 14.4. The Bertz CT molecular complexity index is 3480. The molecule has 4 heteroatoms. The van der Waals surface area contributed by atoms with Crippen molar-refractivity contribution in [2.45, 2.75) is 0 Å². The highest BCUT2D eigenvalue weighted by molar-refractivity contribution is 6.19. The van der Waals surface area contributed by atoms with E-state index in [4.69, 9.17) is 9.40 Å². The molecule has 256 valence electrons. The molecular formula is C51H31N3O. The SMILES string of the molecule is c1ccc(-c2nc3ccc4ccc5cc(-n6c7ccccc7c7cc(-c8ccc9c(c8)c8ccccc8n9-c8ccccc8)ccc76)ccc5c4c3o2)cc1. The zero-order valence-corrected chi connectivity index (χ0v) is 29.6. The third-order valence-electron chi connectivity index (χ3n) is 11.3. The van der Waals surface area contributed by atoms with Gasteiger partial charge in [0.25, 0.3) is 0 Å². The van der Waals surface area contributed by atoms with Crippen LogP contribution in [0.4, 0.5) is 0 Å². The van der Waals surface area contributed by atoms with Crippen molar-refractivity contribution >= 4 is 76.3 Å². The minimum absolute atomic E-state index is 0.639. The van der Waals surface area contributed by atoms with Crippen molar-refractivity contribution in [3.63, 3.8) is 0 Å². The highest BCUT2D eigenvalue weighted by Crippen LogP contribution is 2.40. The Balaban J connectivity index is 1.01. The summed E-state index contributed by atoms with van der Waals surface area (Å²) < 4.78 is 11.3. The van der Waals surface area contributed by atoms with E-state index >= 15 is 0 Å². The fourth-order valence-corrected chi connectivity index (χ4v) is 8.80. The number of oxazole rings is 1. The lowest BCUT2D eigenvalue weighted by Crippen LogP contribution is -1.94. The van der Waals surface area contributed by atoms with E-state index in [0.29, 0.717) is 5.89 Å². The van der Waals surface area contributed by atoms with Crippen LogP contribution in [0.25, 0.3) is 110 Å². The molecule has 0 saturated carbocycles. The number of fused-ring (bicyclic) bond motifs is 11. The Labute approximate surface area is 315 Å². The molecule has 0 radical (unpaired) electrons. The van der Waals surface area contributed by atoms with Gasteiger partial charge in [-0.3, -0.25) is 0 Å². The van der Waals surface area contributed by atoms with Crippen LogP contribution in [0.2, 0.25) is 0 Å². The number of hydrogen-bond donors (Lipinski definition) is 0. The van der Waals surface area contributed by atoms with Gasteiger partial charge in [0.05, 0.1) is 22.1 Å². The van der Waals surface area contributed by atoms with Crippen LogP contribution in [0.1, 0.15) is 0 Å². The molecule has 9 aromatic carbocycles. The fourth-order valence-electron chi connectivity index (χ4n) is 8.80. The predicted molar refractivity (Wildman–Crippen MR) is 229 cm³/mol. The van der Waals surface area contributed by atoms with Gasteiger partial charge in [-0.25, -0.2) is 4.98 Å². The zero-order chi connectivity index (χ0) is 36.0. The normalized spacial score (nSPS) is 12.0. The Morgan fingerprint density at radius 2 is 0.927 bits per heavy atom. The summed E-state index contributed by atoms with van der Waals surface area (Å²) in [5, 5.41) is 9.50. The van der Waals surface area contributed by atoms with E-state index in [1.165, 1.54) is 60.4 Å². The minimum Gasteiger partial charge on any atom is -0.435 e. The van der Waals surface area contributed by atoms with E-state index in [-0.39, 0.29) is 0 Å². The second kappa shape index (κ2) is 11.5. The highest BCUT2D eigenvalue weighted by atomic mass is 16.3. The first-order valence-corrected chi connectivity index (χ1v) is 18.7. The van der Waals surface area contributed by atoms with E-state index < -0.39 is 0 Å². The first kappa shape index (κ1) is 30.1. The average molecular weight is 702 g/mol. The molecule has 0 N–H and O–H groups in total. The molecule has 0 spiro atoms. The van der Waals surface area contributed by atoms with E-state index in [0.717, 1.165) is 43.9 Å². The fraction of sp³-hybridized carbons (Fsp3) is 0. The molecule has 0 saturated heterocycles. The van der Waals surface area contributed by atoms with Gasteiger partial charge >= 0.3 is 0 Å². The van der Waals surface area contributed by atoms with Gasteiger partial charge in [0.15, 0.2) is 5.58 Å². The monoisotopic (exact) mass is 701 g/mol. The summed E-state index contributed by atoms with van der Waals surface area (Å²) in [4.78, 5) is 4.87. The average Bonchev–Trinajstić information content (AvgIpc) is 3.94. The van der Waals surface area contributed by atoms with E-state index in [1.54, 1.807) is 0 Å². The molecule has 3 aromatic heterocycles. The molecule has 0 amide bonds. The van der Waals surface area contributed by atoms with E-state index in [2.05, 4.69) is 167 Å². The topological polar surface area (TPSA) is 35.9 Å². The number of para-hydroxylation sites is 3. The second-order valence-electron chi connectivity index (χ2n) is 14.4. The summed E-state index contributed by atoms with van der Waals surface area (Å²) >= 11 is 0. The molecular weight excluding hydrogens is 671 g/mol. The summed E-state index contributed by atoms with van der Waals surface area (Å²) in [6.45, 7) is 0. The van der Waals surface area contributed by atoms with Crippen molar-refractivity contribution in [3.05, 3.63) is 188 Å². The standard InChI is InChI=1S/C51H31N3O/c1-3-11-33(12-4-1)51-52-44-26-21-32-19-20-36-29-38(24-25-39(36)49(32)50(44)55-51)54-46-18-10-8-16-41(46)43-31-35(23-28-48(43)54)34-22-27-47-42(30-34)40-15-7-9-17-45(40)53(47)37-13-5-2-6-14-37/h1-31H. The van der Waals surface area contributed by atoms with Gasteiger partial charge in [0, 0.05) is 43.9 Å². The van der Waals surface area contributed by atoms with Crippen LogP contribution in [0, 0.1) is 0 Å². The van der Waals surface area contributed by atoms with Crippen LogP contribution < -0.4 is 0 Å². The van der Waals surface area contributed by atoms with Crippen molar-refractivity contribution in [2.24, 2.45) is 0 Å². The van der Waals surface area contributed by atoms with Crippen LogP contribution in [0.15, 0.2) is 192 Å². The molecule has 0 fully saturated rings. The molecule has 0 aliphatic heterocycles. The maximum atomic E-state index is 6.49. The van der Waals surface area contributed by atoms with Gasteiger partial charge in [0.1, 0.15) is 5.52 Å². The van der Waals surface area contributed by atoms with Gasteiger partial charge in [0.2, 0.25) is 5.89 Å². The Morgan fingerprint density at radius 3 is 1.62 bits per heavy atom. The van der Waals surface area contributed by atoms with Crippen molar-refractivity contribution < 1.29 is 4.42 Å². The van der Waals surface area contributed by atoms with Gasteiger partial charge < -0.3 is 13.6 Å². The van der Waals surface area contributed by atoms with Crippen molar-refractivity contribution in [1.29, 1.82) is 0 Å². The van der Waals surface area contributed by atoms with E-state index in [1.807, 2.05) is 30.3 Å². The van der Waals surface area contributed by atoms with Crippen molar-refractivity contribution in [2.75, 3.05) is 0 Å². The Morgan fingerprint density at radius 1 is 0.364 bits per heavy atom. The molecule has 0 atom stereocenters. The first-order chi connectivity index (χ1) is 27.3. The summed E-state index contributed by atoms with van der Waals surface area (Å²) in [6, 6.07) is 67.4. The highest BCUT2D eigenvalue weighted by Gasteiger charge is 2.18. The van der Waals surface area contributed by atoms with Gasteiger partial charge in [-0.1, -0.05) is 109 Å². The van der Waals surface area contributed by atoms with Gasteiger partial charge in [-0.05, 0) is 106 Å². The minimum atomic E-state index is 0.639. The molecule has 12 rings (SSSR count). The number of aromatic nitrogens is 3. The third kappa shape index (κ3) is 4.49. The zero-order valence-electron chi connectivity index (χ0n) is 29.6. The third-order valence-corrected chi connectivity index (χ3v) is 11.3. The largest absolute Gasteiger partial charge is 0.435 e. The number of nitrogens with zero attached hydrogens (tertiary/aromatic N) is 3. The van der Waals surface area contributed by atoms with Crippen LogP contribution in [0.3, 0.4) is 0 Å². The quantitative estimate of drug-likeness (QED) is 0.171. The maximum Gasteiger partial charge on any atom is 0.227 e. The molecule has 0 bridgehead atoms. The Hall–Kier alpha value is -7.43. The number of hydrogen-bond acceptors (Lipinski definition) is 2. The summed E-state index contributed by atoms with van der Waals surface area (Å²) in [5.74, 6) is 0.639. The van der Waals surface area contributed by atoms with Crippen LogP contribution in [-0.4, -0.2) is 14.1 Å². The van der Waals surface area contributed by atoms with Crippen LogP contribution >= 0.6 is 0 Å². The molecule has 0 unspecified atom stereocenters. The molecule has 0 aliphatic carbocycles. The molecule has 55 heavy (non-hydrogen) atoms. The maximum absolute atomic E-state index is 6.49. The Kier molecular flexibility index (Phi) is 6.31. The first-order valence-electron chi connectivity index (χ1n) is 18.7.